The second-order valence-electron chi connectivity index (χ2n) is 4.07. The van der Waals surface area contributed by atoms with Crippen LogP contribution in [0.5, 0.6) is 0 Å². The molecule has 1 aliphatic heterocycles. The van der Waals surface area contributed by atoms with E-state index in [1.807, 2.05) is 0 Å². The number of amides is 2. The van der Waals surface area contributed by atoms with Gasteiger partial charge in [0.1, 0.15) is 4.90 Å². The number of carbonyl (C=O) groups excluding carboxylic acids is 1. The summed E-state index contributed by atoms with van der Waals surface area (Å²) in [5, 5.41) is 7.66. The fourth-order valence-electron chi connectivity index (χ4n) is 1.78. The molecule has 1 saturated heterocycles. The van der Waals surface area contributed by atoms with E-state index in [2.05, 4.69) is 5.32 Å². The van der Waals surface area contributed by atoms with Crippen LogP contribution in [0.25, 0.3) is 0 Å². The summed E-state index contributed by atoms with van der Waals surface area (Å²) in [5.74, 6) is 0. The van der Waals surface area contributed by atoms with E-state index in [-0.39, 0.29) is 16.6 Å². The molecule has 2 amide bonds. The van der Waals surface area contributed by atoms with Crippen molar-refractivity contribution in [3.63, 3.8) is 0 Å². The average molecular weight is 285 g/mol. The van der Waals surface area contributed by atoms with E-state index in [4.69, 9.17) is 9.88 Å². The van der Waals surface area contributed by atoms with Crippen LogP contribution < -0.4 is 10.5 Å². The summed E-state index contributed by atoms with van der Waals surface area (Å²) in [7, 11) is -3.87. The number of nitrogens with two attached hydrogens (primary N) is 1. The van der Waals surface area contributed by atoms with E-state index in [9.17, 15) is 13.2 Å². The molecule has 0 atom stereocenters. The maximum atomic E-state index is 12.0. The molecule has 1 aliphatic rings. The standard InChI is InChI=1S/C11H15N3O4S/c12-19(16,17)10-4-2-1-3-9(10)13-11(15)14-5-7-18-8-6-14/h1-4H,5-8H2,(H,13,15)(H2,12,16,17). The molecule has 0 radical (unpaired) electrons. The van der Waals surface area contributed by atoms with Gasteiger partial charge in [-0.1, -0.05) is 12.1 Å². The van der Waals surface area contributed by atoms with Gasteiger partial charge in [0, 0.05) is 13.1 Å². The number of benzene rings is 1. The number of nitrogens with one attached hydrogen (secondary N) is 1. The number of hydrogen-bond acceptors (Lipinski definition) is 4. The Hall–Kier alpha value is -1.64. The highest BCUT2D eigenvalue weighted by molar-refractivity contribution is 7.89. The Labute approximate surface area is 111 Å². The summed E-state index contributed by atoms with van der Waals surface area (Å²) in [5.41, 5.74) is 0.182. The van der Waals surface area contributed by atoms with Gasteiger partial charge in [0.2, 0.25) is 10.0 Å². The molecule has 2 rings (SSSR count). The molecule has 1 fully saturated rings. The number of para-hydroxylation sites is 1. The van der Waals surface area contributed by atoms with Crippen LogP contribution in [0, 0.1) is 0 Å². The first kappa shape index (κ1) is 13.8. The average Bonchev–Trinajstić information content (AvgIpc) is 2.39. The first-order chi connectivity index (χ1) is 8.98. The minimum absolute atomic E-state index is 0.100. The maximum Gasteiger partial charge on any atom is 0.322 e. The summed E-state index contributed by atoms with van der Waals surface area (Å²) in [6, 6.07) is 5.66. The van der Waals surface area contributed by atoms with Gasteiger partial charge in [-0.3, -0.25) is 0 Å². The van der Waals surface area contributed by atoms with Gasteiger partial charge < -0.3 is 15.0 Å². The fourth-order valence-corrected chi connectivity index (χ4v) is 2.47. The van der Waals surface area contributed by atoms with Gasteiger partial charge in [-0.25, -0.2) is 18.4 Å². The Morgan fingerprint density at radius 2 is 1.89 bits per heavy atom. The lowest BCUT2D eigenvalue weighted by molar-refractivity contribution is 0.0564. The summed E-state index contributed by atoms with van der Waals surface area (Å²) in [4.78, 5) is 13.4. The number of rotatable bonds is 2. The van der Waals surface area contributed by atoms with E-state index in [0.717, 1.165) is 0 Å². The minimum atomic E-state index is -3.87. The molecule has 0 bridgehead atoms. The molecule has 8 heteroatoms. The topological polar surface area (TPSA) is 102 Å². The zero-order valence-electron chi connectivity index (χ0n) is 10.2. The predicted octanol–water partition coefficient (Wildman–Crippen LogP) is 0.198. The lowest BCUT2D eigenvalue weighted by Crippen LogP contribution is -2.43. The zero-order valence-corrected chi connectivity index (χ0v) is 11.0. The maximum absolute atomic E-state index is 12.0. The van der Waals surface area contributed by atoms with Crippen LogP contribution in [-0.4, -0.2) is 45.7 Å². The highest BCUT2D eigenvalue weighted by atomic mass is 32.2. The van der Waals surface area contributed by atoms with E-state index < -0.39 is 10.0 Å². The number of carbonyl (C=O) groups is 1. The van der Waals surface area contributed by atoms with E-state index >= 15 is 0 Å². The largest absolute Gasteiger partial charge is 0.378 e. The van der Waals surface area contributed by atoms with Crippen molar-refractivity contribution < 1.29 is 17.9 Å². The van der Waals surface area contributed by atoms with Crippen LogP contribution >= 0.6 is 0 Å². The lowest BCUT2D eigenvalue weighted by Gasteiger charge is -2.27. The Morgan fingerprint density at radius 3 is 2.53 bits per heavy atom. The Balaban J connectivity index is 2.17. The molecule has 104 valence electrons. The van der Waals surface area contributed by atoms with Crippen LogP contribution in [0.4, 0.5) is 10.5 Å². The van der Waals surface area contributed by atoms with Gasteiger partial charge in [0.05, 0.1) is 18.9 Å². The van der Waals surface area contributed by atoms with E-state index in [0.29, 0.717) is 26.3 Å². The number of sulfonamides is 1. The number of morpholine rings is 1. The highest BCUT2D eigenvalue weighted by Gasteiger charge is 2.20. The molecule has 0 aromatic heterocycles. The molecular formula is C11H15N3O4S. The molecule has 0 spiro atoms. The minimum Gasteiger partial charge on any atom is -0.378 e. The highest BCUT2D eigenvalue weighted by Crippen LogP contribution is 2.19. The van der Waals surface area contributed by atoms with Crippen molar-refractivity contribution in [2.75, 3.05) is 31.6 Å². The number of hydrogen-bond donors (Lipinski definition) is 2. The first-order valence-electron chi connectivity index (χ1n) is 5.74. The van der Waals surface area contributed by atoms with Crippen LogP contribution in [0.1, 0.15) is 0 Å². The smallest absolute Gasteiger partial charge is 0.322 e. The van der Waals surface area contributed by atoms with Crippen LogP contribution in [-0.2, 0) is 14.8 Å². The lowest BCUT2D eigenvalue weighted by atomic mass is 10.3. The van der Waals surface area contributed by atoms with Crippen molar-refractivity contribution >= 4 is 21.7 Å². The van der Waals surface area contributed by atoms with Crippen molar-refractivity contribution in [1.82, 2.24) is 4.90 Å². The zero-order chi connectivity index (χ0) is 13.9. The van der Waals surface area contributed by atoms with E-state index in [1.54, 1.807) is 17.0 Å². The molecule has 0 saturated carbocycles. The SMILES string of the molecule is NS(=O)(=O)c1ccccc1NC(=O)N1CCOCC1. The van der Waals surface area contributed by atoms with Crippen LogP contribution in [0.3, 0.4) is 0 Å². The van der Waals surface area contributed by atoms with Gasteiger partial charge in [-0.05, 0) is 12.1 Å². The van der Waals surface area contributed by atoms with Crippen LogP contribution in [0.2, 0.25) is 0 Å². The number of nitrogens with zero attached hydrogens (tertiary/aromatic N) is 1. The van der Waals surface area contributed by atoms with Gasteiger partial charge >= 0.3 is 6.03 Å². The van der Waals surface area contributed by atoms with Gasteiger partial charge in [0.25, 0.3) is 0 Å². The first-order valence-corrected chi connectivity index (χ1v) is 7.28. The normalized spacial score (nSPS) is 16.2. The quantitative estimate of drug-likeness (QED) is 0.810. The molecule has 1 aromatic rings. The third-order valence-corrected chi connectivity index (χ3v) is 3.70. The van der Waals surface area contributed by atoms with Crippen molar-refractivity contribution in [1.29, 1.82) is 0 Å². The van der Waals surface area contributed by atoms with Crippen molar-refractivity contribution in [2.45, 2.75) is 4.90 Å². The van der Waals surface area contributed by atoms with Crippen LogP contribution in [0.15, 0.2) is 29.2 Å². The van der Waals surface area contributed by atoms with Crippen molar-refractivity contribution in [3.8, 4) is 0 Å². The second-order valence-corrected chi connectivity index (χ2v) is 5.60. The Kier molecular flexibility index (Phi) is 4.03. The molecule has 1 aromatic carbocycles. The molecule has 1 heterocycles. The molecule has 7 nitrogen and oxygen atoms in total. The summed E-state index contributed by atoms with van der Waals surface area (Å²) in [6.07, 6.45) is 0. The molecule has 19 heavy (non-hydrogen) atoms. The Bertz CT molecular complexity index is 567. The number of anilines is 1. The fraction of sp³-hybridized carbons (Fsp3) is 0.364. The van der Waals surface area contributed by atoms with E-state index in [1.165, 1.54) is 12.1 Å². The molecule has 0 unspecified atom stereocenters. The molecule has 3 N–H and O–H groups in total. The van der Waals surface area contributed by atoms with Gasteiger partial charge in [-0.2, -0.15) is 0 Å². The second kappa shape index (κ2) is 5.55. The monoisotopic (exact) mass is 285 g/mol. The number of urea groups is 1. The third-order valence-electron chi connectivity index (χ3n) is 2.73. The van der Waals surface area contributed by atoms with Gasteiger partial charge in [0.15, 0.2) is 0 Å². The number of primary sulfonamides is 1. The summed E-state index contributed by atoms with van der Waals surface area (Å²) < 4.78 is 27.9. The molecular weight excluding hydrogens is 270 g/mol. The molecule has 0 aliphatic carbocycles. The van der Waals surface area contributed by atoms with Crippen molar-refractivity contribution in [2.24, 2.45) is 5.14 Å². The predicted molar refractivity (Wildman–Crippen MR) is 69.2 cm³/mol. The van der Waals surface area contributed by atoms with Gasteiger partial charge in [-0.15, -0.1) is 0 Å². The third kappa shape index (κ3) is 3.43. The Morgan fingerprint density at radius 1 is 1.26 bits per heavy atom. The summed E-state index contributed by atoms with van der Waals surface area (Å²) >= 11 is 0. The number of ether oxygens (including phenoxy) is 1. The summed E-state index contributed by atoms with van der Waals surface area (Å²) in [6.45, 7) is 1.90. The van der Waals surface area contributed by atoms with Crippen molar-refractivity contribution in [3.05, 3.63) is 24.3 Å².